The van der Waals surface area contributed by atoms with Gasteiger partial charge in [-0.3, -0.25) is 9.59 Å². The molecule has 0 saturated heterocycles. The van der Waals surface area contributed by atoms with Gasteiger partial charge in [0.25, 0.3) is 5.56 Å². The van der Waals surface area contributed by atoms with Crippen LogP contribution in [0.5, 0.6) is 0 Å². The third kappa shape index (κ3) is 4.45. The van der Waals surface area contributed by atoms with Gasteiger partial charge in [-0.2, -0.15) is 18.3 Å². The van der Waals surface area contributed by atoms with Gasteiger partial charge in [-0.25, -0.2) is 9.67 Å². The molecule has 1 amide bonds. The molecule has 0 fully saturated rings. The van der Waals surface area contributed by atoms with Gasteiger partial charge in [0.1, 0.15) is 5.39 Å². The van der Waals surface area contributed by atoms with Gasteiger partial charge in [0.15, 0.2) is 10.8 Å². The predicted octanol–water partition coefficient (Wildman–Crippen LogP) is 3.86. The number of nitrogens with zero attached hydrogens (tertiary/aromatic N) is 3. The number of rotatable bonds is 5. The maximum Gasteiger partial charge on any atom is 0.418 e. The zero-order chi connectivity index (χ0) is 22.0. The zero-order valence-corrected chi connectivity index (χ0v) is 16.5. The number of carbonyl (C=O) groups is 1. The highest BCUT2D eigenvalue weighted by atomic mass is 32.2. The van der Waals surface area contributed by atoms with E-state index < -0.39 is 23.2 Å². The molecule has 4 rings (SSSR count). The van der Waals surface area contributed by atoms with Crippen LogP contribution in [0.3, 0.4) is 0 Å². The summed E-state index contributed by atoms with van der Waals surface area (Å²) in [5, 5.41) is 6.87. The lowest BCUT2D eigenvalue weighted by atomic mass is 10.1. The van der Waals surface area contributed by atoms with Crippen LogP contribution in [0.2, 0.25) is 0 Å². The van der Waals surface area contributed by atoms with Crippen LogP contribution in [0.1, 0.15) is 5.56 Å². The average Bonchev–Trinajstić information content (AvgIpc) is 3.17. The van der Waals surface area contributed by atoms with Crippen LogP contribution in [0.15, 0.2) is 70.7 Å². The van der Waals surface area contributed by atoms with E-state index in [1.807, 2.05) is 18.2 Å². The number of anilines is 1. The normalized spacial score (nSPS) is 11.6. The highest BCUT2D eigenvalue weighted by molar-refractivity contribution is 7.99. The van der Waals surface area contributed by atoms with Crippen LogP contribution < -0.4 is 10.9 Å². The van der Waals surface area contributed by atoms with Gasteiger partial charge in [-0.1, -0.05) is 42.1 Å². The maximum atomic E-state index is 13.1. The number of amides is 1. The van der Waals surface area contributed by atoms with Crippen molar-refractivity contribution in [2.24, 2.45) is 0 Å². The Hall–Kier alpha value is -3.60. The Morgan fingerprint density at radius 1 is 1.10 bits per heavy atom. The molecular weight excluding hydrogens is 431 g/mol. The number of halogens is 3. The second kappa shape index (κ2) is 8.26. The van der Waals surface area contributed by atoms with Crippen molar-refractivity contribution >= 4 is 34.4 Å². The lowest BCUT2D eigenvalue weighted by molar-refractivity contribution is -0.137. The van der Waals surface area contributed by atoms with Crippen LogP contribution in [-0.4, -0.2) is 31.4 Å². The van der Waals surface area contributed by atoms with Gasteiger partial charge in [-0.15, -0.1) is 0 Å². The molecule has 0 spiro atoms. The third-order valence-corrected chi connectivity index (χ3v) is 5.14. The molecule has 0 aliphatic carbocycles. The monoisotopic (exact) mass is 445 g/mol. The summed E-state index contributed by atoms with van der Waals surface area (Å²) < 4.78 is 40.7. The van der Waals surface area contributed by atoms with Crippen molar-refractivity contribution in [1.29, 1.82) is 0 Å². The van der Waals surface area contributed by atoms with E-state index in [2.05, 4.69) is 20.4 Å². The number of hydrogen-bond acceptors (Lipinski definition) is 5. The smallest absolute Gasteiger partial charge is 0.325 e. The Bertz CT molecular complexity index is 1300. The maximum absolute atomic E-state index is 13.1. The van der Waals surface area contributed by atoms with Crippen LogP contribution >= 0.6 is 11.8 Å². The van der Waals surface area contributed by atoms with E-state index in [1.165, 1.54) is 29.1 Å². The largest absolute Gasteiger partial charge is 0.418 e. The minimum absolute atomic E-state index is 0.148. The quantitative estimate of drug-likeness (QED) is 0.360. The van der Waals surface area contributed by atoms with E-state index in [9.17, 15) is 22.8 Å². The number of alkyl halides is 3. The predicted molar refractivity (Wildman–Crippen MR) is 110 cm³/mol. The SMILES string of the molecule is O=C(CSc1nc2c(cnn2-c2ccccc2)c(=O)[nH]1)Nc1ccccc1C(F)(F)F. The Labute approximate surface area is 177 Å². The van der Waals surface area contributed by atoms with E-state index in [0.29, 0.717) is 11.3 Å². The van der Waals surface area contributed by atoms with Gasteiger partial charge < -0.3 is 10.3 Å². The van der Waals surface area contributed by atoms with Crippen LogP contribution in [0.4, 0.5) is 18.9 Å². The van der Waals surface area contributed by atoms with Gasteiger partial charge in [0, 0.05) is 0 Å². The summed E-state index contributed by atoms with van der Waals surface area (Å²) in [4.78, 5) is 31.5. The van der Waals surface area contributed by atoms with Crippen molar-refractivity contribution in [3.05, 3.63) is 76.7 Å². The van der Waals surface area contributed by atoms with Crippen LogP contribution in [0.25, 0.3) is 16.7 Å². The van der Waals surface area contributed by atoms with Crippen LogP contribution in [0, 0.1) is 0 Å². The second-order valence-corrected chi connectivity index (χ2v) is 7.34. The average molecular weight is 445 g/mol. The molecule has 2 aromatic carbocycles. The first-order chi connectivity index (χ1) is 14.8. The lowest BCUT2D eigenvalue weighted by Gasteiger charge is -2.13. The van der Waals surface area contributed by atoms with Gasteiger partial charge in [0.05, 0.1) is 28.9 Å². The topological polar surface area (TPSA) is 92.7 Å². The number of para-hydroxylation sites is 2. The lowest BCUT2D eigenvalue weighted by Crippen LogP contribution is -2.18. The molecule has 0 aliphatic rings. The molecule has 0 atom stereocenters. The number of aromatic amines is 1. The van der Waals surface area contributed by atoms with Crippen molar-refractivity contribution in [2.75, 3.05) is 11.1 Å². The van der Waals surface area contributed by atoms with E-state index in [1.54, 1.807) is 12.1 Å². The molecule has 2 heterocycles. The Morgan fingerprint density at radius 2 is 1.81 bits per heavy atom. The van der Waals surface area contributed by atoms with Gasteiger partial charge in [-0.05, 0) is 24.3 Å². The summed E-state index contributed by atoms with van der Waals surface area (Å²) >= 11 is 0.896. The number of benzene rings is 2. The van der Waals surface area contributed by atoms with Crippen molar-refractivity contribution < 1.29 is 18.0 Å². The molecule has 0 radical (unpaired) electrons. The van der Waals surface area contributed by atoms with E-state index >= 15 is 0 Å². The Balaban J connectivity index is 1.54. The third-order valence-electron chi connectivity index (χ3n) is 4.26. The minimum atomic E-state index is -4.59. The molecule has 0 saturated carbocycles. The summed E-state index contributed by atoms with van der Waals surface area (Å²) in [6.07, 6.45) is -3.20. The zero-order valence-electron chi connectivity index (χ0n) is 15.7. The standard InChI is InChI=1S/C20H14F3N5O2S/c21-20(22,23)14-8-4-5-9-15(14)25-16(29)11-31-19-26-17-13(18(30)27-19)10-24-28(17)12-6-2-1-3-7-12/h1-10H,11H2,(H,25,29)(H,26,27,30). The van der Waals surface area contributed by atoms with Gasteiger partial charge in [0.2, 0.25) is 5.91 Å². The van der Waals surface area contributed by atoms with E-state index in [4.69, 9.17) is 0 Å². The highest BCUT2D eigenvalue weighted by Gasteiger charge is 2.33. The number of nitrogens with one attached hydrogen (secondary N) is 2. The highest BCUT2D eigenvalue weighted by Crippen LogP contribution is 2.34. The molecule has 31 heavy (non-hydrogen) atoms. The fraction of sp³-hybridized carbons (Fsp3) is 0.100. The van der Waals surface area contributed by atoms with Crippen molar-refractivity contribution in [2.45, 2.75) is 11.3 Å². The fourth-order valence-electron chi connectivity index (χ4n) is 2.88. The van der Waals surface area contributed by atoms with Crippen molar-refractivity contribution in [1.82, 2.24) is 19.7 Å². The number of fused-ring (bicyclic) bond motifs is 1. The first kappa shape index (κ1) is 20.7. The molecule has 2 aromatic heterocycles. The summed E-state index contributed by atoms with van der Waals surface area (Å²) in [5.41, 5.74) is -0.696. The summed E-state index contributed by atoms with van der Waals surface area (Å²) in [6.45, 7) is 0. The molecule has 158 valence electrons. The summed E-state index contributed by atoms with van der Waals surface area (Å²) in [6, 6.07) is 13.8. The number of carbonyl (C=O) groups excluding carboxylic acids is 1. The Morgan fingerprint density at radius 3 is 2.55 bits per heavy atom. The van der Waals surface area contributed by atoms with Crippen molar-refractivity contribution in [3.63, 3.8) is 0 Å². The molecule has 7 nitrogen and oxygen atoms in total. The molecule has 0 bridgehead atoms. The number of aromatic nitrogens is 4. The van der Waals surface area contributed by atoms with E-state index in [0.717, 1.165) is 17.8 Å². The number of thioether (sulfide) groups is 1. The molecule has 0 unspecified atom stereocenters. The minimum Gasteiger partial charge on any atom is -0.325 e. The fourth-order valence-corrected chi connectivity index (χ4v) is 3.54. The Kier molecular flexibility index (Phi) is 5.51. The molecule has 4 aromatic rings. The van der Waals surface area contributed by atoms with Gasteiger partial charge >= 0.3 is 6.18 Å². The number of hydrogen-bond donors (Lipinski definition) is 2. The molecule has 2 N–H and O–H groups in total. The van der Waals surface area contributed by atoms with Crippen LogP contribution in [-0.2, 0) is 11.0 Å². The number of H-pyrrole nitrogens is 1. The summed E-state index contributed by atoms with van der Waals surface area (Å²) in [7, 11) is 0. The first-order valence-electron chi connectivity index (χ1n) is 8.95. The second-order valence-electron chi connectivity index (χ2n) is 6.38. The summed E-state index contributed by atoms with van der Waals surface area (Å²) in [5.74, 6) is -0.916. The first-order valence-corrected chi connectivity index (χ1v) is 9.94. The van der Waals surface area contributed by atoms with Crippen molar-refractivity contribution in [3.8, 4) is 5.69 Å². The van der Waals surface area contributed by atoms with E-state index in [-0.39, 0.29) is 22.0 Å². The molecule has 0 aliphatic heterocycles. The molecule has 11 heteroatoms. The molecular formula is C20H14F3N5O2S.